The summed E-state index contributed by atoms with van der Waals surface area (Å²) in [5.74, 6) is -1.14. The summed E-state index contributed by atoms with van der Waals surface area (Å²) >= 11 is 0. The van der Waals surface area contributed by atoms with Gasteiger partial charge in [-0.2, -0.15) is 0 Å². The first-order valence-electron chi connectivity index (χ1n) is 10.7. The van der Waals surface area contributed by atoms with Crippen LogP contribution in [0.2, 0.25) is 0 Å². The Kier molecular flexibility index (Phi) is 6.68. The first-order chi connectivity index (χ1) is 16.4. The minimum Gasteiger partial charge on any atom is -0.463 e. The van der Waals surface area contributed by atoms with E-state index in [0.717, 1.165) is 11.1 Å². The van der Waals surface area contributed by atoms with E-state index in [1.54, 1.807) is 36.4 Å². The van der Waals surface area contributed by atoms with Gasteiger partial charge >= 0.3 is 5.97 Å². The second-order valence-corrected chi connectivity index (χ2v) is 7.72. The molecule has 0 fully saturated rings. The van der Waals surface area contributed by atoms with E-state index in [0.29, 0.717) is 28.0 Å². The van der Waals surface area contributed by atoms with Crippen molar-refractivity contribution < 1.29 is 23.5 Å². The number of ether oxygens (including phenoxy) is 1. The summed E-state index contributed by atoms with van der Waals surface area (Å²) in [5, 5.41) is 5.84. The molecule has 0 saturated carbocycles. The number of benzene rings is 2. The van der Waals surface area contributed by atoms with Gasteiger partial charge in [-0.05, 0) is 49.2 Å². The van der Waals surface area contributed by atoms with Gasteiger partial charge in [0.1, 0.15) is 5.69 Å². The number of nitrogens with zero attached hydrogens (tertiary/aromatic N) is 1. The van der Waals surface area contributed by atoms with Gasteiger partial charge in [0.05, 0.1) is 23.9 Å². The molecule has 34 heavy (non-hydrogen) atoms. The van der Waals surface area contributed by atoms with Crippen molar-refractivity contribution in [2.24, 2.45) is 0 Å². The van der Waals surface area contributed by atoms with E-state index in [2.05, 4.69) is 15.6 Å². The maximum absolute atomic E-state index is 12.8. The summed E-state index contributed by atoms with van der Waals surface area (Å²) in [6.45, 7) is 3.01. The molecule has 4 rings (SSSR count). The molecule has 2 amide bonds. The summed E-state index contributed by atoms with van der Waals surface area (Å²) < 4.78 is 10.6. The number of esters is 1. The monoisotopic (exact) mass is 457 g/mol. The lowest BCUT2D eigenvalue weighted by atomic mass is 10.1. The molecule has 0 aliphatic rings. The Bertz CT molecular complexity index is 1340. The lowest BCUT2D eigenvalue weighted by molar-refractivity contribution is -0.126. The Labute approximate surface area is 195 Å². The highest BCUT2D eigenvalue weighted by Crippen LogP contribution is 2.25. The highest BCUT2D eigenvalue weighted by Gasteiger charge is 2.18. The summed E-state index contributed by atoms with van der Waals surface area (Å²) in [6, 6.07) is 17.8. The summed E-state index contributed by atoms with van der Waals surface area (Å²) in [5.41, 5.74) is 3.89. The van der Waals surface area contributed by atoms with Crippen LogP contribution in [0, 0.1) is 13.8 Å². The Balaban J connectivity index is 1.38. The lowest BCUT2D eigenvalue weighted by Crippen LogP contribution is -2.35. The number of rotatable bonds is 7. The second-order valence-electron chi connectivity index (χ2n) is 7.72. The Morgan fingerprint density at radius 2 is 1.71 bits per heavy atom. The average molecular weight is 457 g/mol. The molecule has 0 saturated heterocycles. The largest absolute Gasteiger partial charge is 0.463 e. The van der Waals surface area contributed by atoms with Gasteiger partial charge in [-0.25, -0.2) is 9.78 Å². The molecule has 2 N–H and O–H groups in total. The number of carbonyl (C=O) groups is 3. The van der Waals surface area contributed by atoms with Crippen molar-refractivity contribution in [3.63, 3.8) is 0 Å². The molecular formula is C26H23N3O5. The van der Waals surface area contributed by atoms with E-state index in [1.807, 2.05) is 38.1 Å². The SMILES string of the molecule is Cc1cccc(C)c1NC(=O)CNC(=O)COC(=O)c1cc(-c2ccco2)nc2ccccc12. The van der Waals surface area contributed by atoms with Crippen LogP contribution in [0.15, 0.2) is 71.3 Å². The van der Waals surface area contributed by atoms with Crippen LogP contribution in [0.5, 0.6) is 0 Å². The Hall–Kier alpha value is -4.46. The predicted molar refractivity (Wildman–Crippen MR) is 127 cm³/mol. The van der Waals surface area contributed by atoms with Gasteiger partial charge < -0.3 is 19.8 Å². The molecule has 2 aromatic carbocycles. The lowest BCUT2D eigenvalue weighted by Gasteiger charge is -2.12. The van der Waals surface area contributed by atoms with Gasteiger partial charge in [-0.15, -0.1) is 0 Å². The van der Waals surface area contributed by atoms with Crippen LogP contribution in [0.3, 0.4) is 0 Å². The van der Waals surface area contributed by atoms with Crippen molar-refractivity contribution in [1.29, 1.82) is 0 Å². The predicted octanol–water partition coefficient (Wildman–Crippen LogP) is 4.02. The molecule has 172 valence electrons. The molecule has 0 radical (unpaired) electrons. The minimum atomic E-state index is -0.679. The van der Waals surface area contributed by atoms with Crippen LogP contribution >= 0.6 is 0 Å². The number of aryl methyl sites for hydroxylation is 2. The smallest absolute Gasteiger partial charge is 0.339 e. The van der Waals surface area contributed by atoms with Crippen LogP contribution in [-0.2, 0) is 14.3 Å². The van der Waals surface area contributed by atoms with Gasteiger partial charge in [0, 0.05) is 11.1 Å². The van der Waals surface area contributed by atoms with Gasteiger partial charge in [-0.1, -0.05) is 36.4 Å². The van der Waals surface area contributed by atoms with Crippen LogP contribution < -0.4 is 10.6 Å². The highest BCUT2D eigenvalue weighted by atomic mass is 16.5. The van der Waals surface area contributed by atoms with Gasteiger partial charge in [0.25, 0.3) is 5.91 Å². The van der Waals surface area contributed by atoms with Crippen molar-refractivity contribution in [2.75, 3.05) is 18.5 Å². The van der Waals surface area contributed by atoms with E-state index >= 15 is 0 Å². The number of amides is 2. The first kappa shape index (κ1) is 22.7. The zero-order valence-corrected chi connectivity index (χ0v) is 18.8. The second kappa shape index (κ2) is 9.99. The zero-order chi connectivity index (χ0) is 24.1. The normalized spacial score (nSPS) is 10.6. The fourth-order valence-corrected chi connectivity index (χ4v) is 3.53. The highest BCUT2D eigenvalue weighted by molar-refractivity contribution is 6.05. The summed E-state index contributed by atoms with van der Waals surface area (Å²) in [6.07, 6.45) is 1.52. The van der Waals surface area contributed by atoms with Crippen molar-refractivity contribution in [2.45, 2.75) is 13.8 Å². The van der Waals surface area contributed by atoms with Crippen molar-refractivity contribution in [1.82, 2.24) is 10.3 Å². The molecule has 0 unspecified atom stereocenters. The molecule has 0 bridgehead atoms. The zero-order valence-electron chi connectivity index (χ0n) is 18.8. The molecule has 0 aliphatic carbocycles. The van der Waals surface area contributed by atoms with E-state index in [1.165, 1.54) is 6.26 Å². The maximum atomic E-state index is 12.8. The number of fused-ring (bicyclic) bond motifs is 1. The number of anilines is 1. The first-order valence-corrected chi connectivity index (χ1v) is 10.7. The number of para-hydroxylation sites is 2. The Morgan fingerprint density at radius 3 is 2.44 bits per heavy atom. The van der Waals surface area contributed by atoms with Crippen molar-refractivity contribution >= 4 is 34.4 Å². The van der Waals surface area contributed by atoms with Crippen LogP contribution in [0.1, 0.15) is 21.5 Å². The van der Waals surface area contributed by atoms with Gasteiger partial charge in [0.15, 0.2) is 12.4 Å². The van der Waals surface area contributed by atoms with Crippen molar-refractivity contribution in [3.8, 4) is 11.5 Å². The quantitative estimate of drug-likeness (QED) is 0.406. The van der Waals surface area contributed by atoms with Crippen molar-refractivity contribution in [3.05, 3.63) is 83.6 Å². The fourth-order valence-electron chi connectivity index (χ4n) is 3.53. The van der Waals surface area contributed by atoms with E-state index < -0.39 is 18.5 Å². The van der Waals surface area contributed by atoms with Crippen LogP contribution in [-0.4, -0.2) is 35.9 Å². The van der Waals surface area contributed by atoms with E-state index in [-0.39, 0.29) is 18.0 Å². The molecule has 4 aromatic rings. The molecule has 2 aromatic heterocycles. The molecule has 0 aliphatic heterocycles. The number of carbonyl (C=O) groups excluding carboxylic acids is 3. The molecular weight excluding hydrogens is 434 g/mol. The molecule has 8 heteroatoms. The average Bonchev–Trinajstić information content (AvgIpc) is 3.38. The fraction of sp³-hybridized carbons (Fsp3) is 0.154. The van der Waals surface area contributed by atoms with Gasteiger partial charge in [-0.3, -0.25) is 9.59 Å². The summed E-state index contributed by atoms with van der Waals surface area (Å²) in [7, 11) is 0. The topological polar surface area (TPSA) is 111 Å². The number of pyridine rings is 1. The molecule has 0 spiro atoms. The third kappa shape index (κ3) is 5.12. The van der Waals surface area contributed by atoms with Crippen LogP contribution in [0.25, 0.3) is 22.4 Å². The van der Waals surface area contributed by atoms with E-state index in [9.17, 15) is 14.4 Å². The molecule has 0 atom stereocenters. The van der Waals surface area contributed by atoms with Crippen LogP contribution in [0.4, 0.5) is 5.69 Å². The third-order valence-corrected chi connectivity index (χ3v) is 5.24. The molecule has 2 heterocycles. The third-order valence-electron chi connectivity index (χ3n) is 5.24. The Morgan fingerprint density at radius 1 is 0.941 bits per heavy atom. The van der Waals surface area contributed by atoms with Gasteiger partial charge in [0.2, 0.25) is 5.91 Å². The maximum Gasteiger partial charge on any atom is 0.339 e. The minimum absolute atomic E-state index is 0.245. The number of aromatic nitrogens is 1. The standard InChI is InChI=1S/C26H23N3O5/c1-16-7-5-8-17(2)25(16)29-23(30)14-27-24(31)15-34-26(32)19-13-21(22-11-6-12-33-22)28-20-10-4-3-9-18(19)20/h3-13H,14-15H2,1-2H3,(H,27,31)(H,29,30). The molecule has 8 nitrogen and oxygen atoms in total. The number of nitrogens with one attached hydrogen (secondary N) is 2. The van der Waals surface area contributed by atoms with E-state index in [4.69, 9.17) is 9.15 Å². The number of hydrogen-bond donors (Lipinski definition) is 2. The number of hydrogen-bond acceptors (Lipinski definition) is 6. The summed E-state index contributed by atoms with van der Waals surface area (Å²) in [4.78, 5) is 41.7. The number of furan rings is 1.